The van der Waals surface area contributed by atoms with Crippen LogP contribution in [-0.4, -0.2) is 0 Å². The number of rotatable bonds is 2. The van der Waals surface area contributed by atoms with Crippen LogP contribution < -0.4 is 0 Å². The van der Waals surface area contributed by atoms with Crippen molar-refractivity contribution in [1.29, 1.82) is 0 Å². The van der Waals surface area contributed by atoms with Gasteiger partial charge in [0.25, 0.3) is 0 Å². The molecule has 0 aromatic heterocycles. The number of hydrogen-bond acceptors (Lipinski definition) is 0. The Morgan fingerprint density at radius 3 is 2.21 bits per heavy atom. The first-order valence-corrected chi connectivity index (χ1v) is 5.98. The monoisotopic (exact) mass is 192 g/mol. The molecule has 0 heterocycles. The zero-order chi connectivity index (χ0) is 10.6. The molecule has 0 aliphatic heterocycles. The summed E-state index contributed by atoms with van der Waals surface area (Å²) in [4.78, 5) is 0. The van der Waals surface area contributed by atoms with Crippen LogP contribution >= 0.6 is 0 Å². The minimum absolute atomic E-state index is 0.776. The highest BCUT2D eigenvalue weighted by Gasteiger charge is 2.11. The fourth-order valence-corrected chi connectivity index (χ4v) is 2.06. The second kappa shape index (κ2) is 5.38. The molecule has 0 aromatic carbocycles. The van der Waals surface area contributed by atoms with Gasteiger partial charge in [-0.25, -0.2) is 0 Å². The second-order valence-corrected chi connectivity index (χ2v) is 4.81. The van der Waals surface area contributed by atoms with Gasteiger partial charge in [-0.1, -0.05) is 43.1 Å². The van der Waals surface area contributed by atoms with Gasteiger partial charge < -0.3 is 0 Å². The van der Waals surface area contributed by atoms with E-state index in [9.17, 15) is 0 Å². The molecule has 1 aliphatic carbocycles. The minimum atomic E-state index is 0.776. The maximum Gasteiger partial charge on any atom is -0.0262 e. The summed E-state index contributed by atoms with van der Waals surface area (Å²) in [7, 11) is 0. The van der Waals surface area contributed by atoms with E-state index in [2.05, 4.69) is 33.8 Å². The van der Waals surface area contributed by atoms with E-state index in [1.165, 1.54) is 32.1 Å². The first kappa shape index (κ1) is 11.6. The lowest BCUT2D eigenvalue weighted by molar-refractivity contribution is 0.656. The molecule has 0 N–H and O–H groups in total. The molecule has 80 valence electrons. The molecule has 1 unspecified atom stereocenters. The van der Waals surface area contributed by atoms with Crippen LogP contribution in [0.5, 0.6) is 0 Å². The Morgan fingerprint density at radius 2 is 1.79 bits per heavy atom. The molecule has 0 spiro atoms. The highest BCUT2D eigenvalue weighted by atomic mass is 14.2. The third-order valence-electron chi connectivity index (χ3n) is 3.37. The summed E-state index contributed by atoms with van der Waals surface area (Å²) in [5.74, 6) is 0.776. The molecule has 1 rings (SSSR count). The van der Waals surface area contributed by atoms with E-state index in [4.69, 9.17) is 0 Å². The van der Waals surface area contributed by atoms with Crippen LogP contribution in [0.1, 0.15) is 59.8 Å². The summed E-state index contributed by atoms with van der Waals surface area (Å²) in [5.41, 5.74) is 4.95. The fraction of sp³-hybridized carbons (Fsp3) is 0.714. The largest absolute Gasteiger partial charge is 0.0825 e. The zero-order valence-electron chi connectivity index (χ0n) is 10.2. The van der Waals surface area contributed by atoms with Crippen molar-refractivity contribution in [1.82, 2.24) is 0 Å². The van der Waals surface area contributed by atoms with Gasteiger partial charge >= 0.3 is 0 Å². The quantitative estimate of drug-likeness (QED) is 0.548. The predicted octanol–water partition coefficient (Wildman–Crippen LogP) is 4.87. The molecule has 1 saturated carbocycles. The molecule has 1 aliphatic rings. The molecule has 0 saturated heterocycles. The molecule has 0 amide bonds. The lowest BCUT2D eigenvalue weighted by Crippen LogP contribution is -2.01. The smallest absolute Gasteiger partial charge is 0.0262 e. The molecule has 0 bridgehead atoms. The number of hydrogen-bond donors (Lipinski definition) is 0. The van der Waals surface area contributed by atoms with Crippen LogP contribution in [0.2, 0.25) is 0 Å². The first-order chi connectivity index (χ1) is 6.63. The molecular formula is C14H24. The van der Waals surface area contributed by atoms with Crippen LogP contribution in [0.25, 0.3) is 0 Å². The molecule has 0 nitrogen and oxygen atoms in total. The molecule has 0 heteroatoms. The zero-order valence-corrected chi connectivity index (χ0v) is 10.2. The average Bonchev–Trinajstić information content (AvgIpc) is 2.18. The van der Waals surface area contributed by atoms with Gasteiger partial charge in [0.15, 0.2) is 0 Å². The summed E-state index contributed by atoms with van der Waals surface area (Å²) in [6.07, 6.45) is 9.02. The third kappa shape index (κ3) is 3.32. The van der Waals surface area contributed by atoms with Crippen molar-refractivity contribution >= 4 is 0 Å². The van der Waals surface area contributed by atoms with Crippen LogP contribution in [0.3, 0.4) is 0 Å². The Bertz CT molecular complexity index is 227. The van der Waals surface area contributed by atoms with Gasteiger partial charge in [-0.2, -0.15) is 0 Å². The summed E-state index contributed by atoms with van der Waals surface area (Å²) in [6, 6.07) is 0. The van der Waals surface area contributed by atoms with Gasteiger partial charge in [-0.05, 0) is 45.4 Å². The van der Waals surface area contributed by atoms with Crippen LogP contribution in [0.4, 0.5) is 0 Å². The third-order valence-corrected chi connectivity index (χ3v) is 3.37. The highest BCUT2D eigenvalue weighted by Crippen LogP contribution is 2.30. The van der Waals surface area contributed by atoms with Crippen LogP contribution in [0, 0.1) is 5.92 Å². The van der Waals surface area contributed by atoms with E-state index in [0.29, 0.717) is 0 Å². The van der Waals surface area contributed by atoms with Gasteiger partial charge in [-0.15, -0.1) is 0 Å². The predicted molar refractivity (Wildman–Crippen MR) is 64.4 cm³/mol. The van der Waals surface area contributed by atoms with Crippen molar-refractivity contribution in [2.24, 2.45) is 5.92 Å². The van der Waals surface area contributed by atoms with Gasteiger partial charge in [0.2, 0.25) is 0 Å². The average molecular weight is 192 g/mol. The topological polar surface area (TPSA) is 0 Å². The van der Waals surface area contributed by atoms with Gasteiger partial charge in [-0.3, -0.25) is 0 Å². The van der Waals surface area contributed by atoms with Crippen molar-refractivity contribution in [3.05, 3.63) is 22.8 Å². The summed E-state index contributed by atoms with van der Waals surface area (Å²) < 4.78 is 0. The SMILES string of the molecule is CCC(C)C=C1CCC(=C(C)C)CC1. The van der Waals surface area contributed by atoms with Gasteiger partial charge in [0.1, 0.15) is 0 Å². The lowest BCUT2D eigenvalue weighted by Gasteiger charge is -2.20. The lowest BCUT2D eigenvalue weighted by atomic mass is 9.86. The Kier molecular flexibility index (Phi) is 4.44. The molecule has 1 fully saturated rings. The van der Waals surface area contributed by atoms with E-state index in [0.717, 1.165) is 5.92 Å². The number of allylic oxidation sites excluding steroid dienone is 4. The van der Waals surface area contributed by atoms with E-state index in [1.54, 1.807) is 16.7 Å². The minimum Gasteiger partial charge on any atom is -0.0825 e. The standard InChI is InChI=1S/C14H24/c1-5-12(4)10-13-6-8-14(9-7-13)11(2)3/h10,12H,5-9H2,1-4H3. The summed E-state index contributed by atoms with van der Waals surface area (Å²) in [5, 5.41) is 0. The van der Waals surface area contributed by atoms with Crippen molar-refractivity contribution in [3.63, 3.8) is 0 Å². The van der Waals surface area contributed by atoms with Crippen LogP contribution in [0.15, 0.2) is 22.8 Å². The van der Waals surface area contributed by atoms with E-state index >= 15 is 0 Å². The molecule has 14 heavy (non-hydrogen) atoms. The molecule has 0 aromatic rings. The summed E-state index contributed by atoms with van der Waals surface area (Å²) in [6.45, 7) is 9.09. The van der Waals surface area contributed by atoms with Gasteiger partial charge in [0, 0.05) is 0 Å². The Labute approximate surface area is 89.1 Å². The van der Waals surface area contributed by atoms with Crippen LogP contribution in [-0.2, 0) is 0 Å². The molecule has 1 atom stereocenters. The highest BCUT2D eigenvalue weighted by molar-refractivity contribution is 5.20. The van der Waals surface area contributed by atoms with E-state index in [1.807, 2.05) is 0 Å². The molecule has 0 radical (unpaired) electrons. The fourth-order valence-electron chi connectivity index (χ4n) is 2.06. The van der Waals surface area contributed by atoms with Crippen molar-refractivity contribution in [3.8, 4) is 0 Å². The first-order valence-electron chi connectivity index (χ1n) is 5.98. The second-order valence-electron chi connectivity index (χ2n) is 4.81. The summed E-state index contributed by atoms with van der Waals surface area (Å²) >= 11 is 0. The van der Waals surface area contributed by atoms with Crippen molar-refractivity contribution in [2.45, 2.75) is 59.8 Å². The molecular weight excluding hydrogens is 168 g/mol. The normalized spacial score (nSPS) is 19.4. The van der Waals surface area contributed by atoms with Crippen molar-refractivity contribution in [2.75, 3.05) is 0 Å². The van der Waals surface area contributed by atoms with E-state index < -0.39 is 0 Å². The Balaban J connectivity index is 2.51. The maximum absolute atomic E-state index is 2.50. The Hall–Kier alpha value is -0.520. The maximum atomic E-state index is 2.50. The van der Waals surface area contributed by atoms with E-state index in [-0.39, 0.29) is 0 Å². The van der Waals surface area contributed by atoms with Gasteiger partial charge in [0.05, 0.1) is 0 Å². The van der Waals surface area contributed by atoms with Crippen molar-refractivity contribution < 1.29 is 0 Å². The Morgan fingerprint density at radius 1 is 1.21 bits per heavy atom.